The topological polar surface area (TPSA) is 38.7 Å². The second-order valence-corrected chi connectivity index (χ2v) is 11.4. The molecule has 0 aromatic heterocycles. The average molecular weight is 408 g/mol. The van der Waals surface area contributed by atoms with Crippen LogP contribution in [0.1, 0.15) is 71.6 Å². The largest absolute Gasteiger partial charge is 0.399 e. The van der Waals surface area contributed by atoms with E-state index in [0.717, 1.165) is 50.7 Å². The van der Waals surface area contributed by atoms with Crippen LogP contribution in [0.3, 0.4) is 0 Å². The summed E-state index contributed by atoms with van der Waals surface area (Å²) in [5.41, 5.74) is 2.47. The van der Waals surface area contributed by atoms with E-state index >= 15 is 0 Å². The normalized spacial score (nSPS) is 44.3. The lowest BCUT2D eigenvalue weighted by Gasteiger charge is -2.59. The fourth-order valence-electron chi connectivity index (χ4n) is 7.31. The fraction of sp³-hybridized carbons (Fsp3) is 0.818. The number of allylic oxidation sites excluding steroid dienone is 2. The molecule has 0 saturated heterocycles. The van der Waals surface area contributed by atoms with Gasteiger partial charge in [0.05, 0.1) is 0 Å². The molecule has 0 spiro atoms. The summed E-state index contributed by atoms with van der Waals surface area (Å²) in [4.78, 5) is 17.7. The lowest BCUT2D eigenvalue weighted by atomic mass is 9.46. The standard InChI is InChI=1S/C22H33NO2S2/c1-4-10-21-13-22(26,27)18(23-25-3)12-14(21)5-6-15-16-7-8-19(24)20(16,2)11-9-17(15)21/h12,15-17,26-27H,4-11,13H2,1-3H3/t15-,16-,17-,20-,21-/m0/s1. The maximum absolute atomic E-state index is 12.6. The molecule has 0 aromatic carbocycles. The minimum Gasteiger partial charge on any atom is -0.399 e. The van der Waals surface area contributed by atoms with Gasteiger partial charge in [0, 0.05) is 11.8 Å². The number of nitrogens with zero attached hydrogens (tertiary/aromatic N) is 1. The second kappa shape index (κ2) is 6.83. The first-order chi connectivity index (χ1) is 12.8. The van der Waals surface area contributed by atoms with Crippen LogP contribution in [0.5, 0.6) is 0 Å². The molecule has 27 heavy (non-hydrogen) atoms. The quantitative estimate of drug-likeness (QED) is 0.370. The van der Waals surface area contributed by atoms with Crippen LogP contribution in [0.4, 0.5) is 0 Å². The van der Waals surface area contributed by atoms with Gasteiger partial charge in [-0.05, 0) is 74.2 Å². The predicted octanol–water partition coefficient (Wildman–Crippen LogP) is 5.47. The van der Waals surface area contributed by atoms with Gasteiger partial charge in [-0.25, -0.2) is 0 Å². The Morgan fingerprint density at radius 3 is 2.70 bits per heavy atom. The first-order valence-corrected chi connectivity index (χ1v) is 11.5. The zero-order valence-corrected chi connectivity index (χ0v) is 18.6. The van der Waals surface area contributed by atoms with Crippen molar-refractivity contribution < 1.29 is 9.63 Å². The Kier molecular flexibility index (Phi) is 5.03. The summed E-state index contributed by atoms with van der Waals surface area (Å²) in [6.07, 6.45) is 11.9. The van der Waals surface area contributed by atoms with E-state index in [1.54, 1.807) is 7.11 Å². The third-order valence-corrected chi connectivity index (χ3v) is 9.19. The van der Waals surface area contributed by atoms with Gasteiger partial charge in [-0.15, -0.1) is 0 Å². The van der Waals surface area contributed by atoms with E-state index in [1.807, 2.05) is 0 Å². The van der Waals surface area contributed by atoms with E-state index in [1.165, 1.54) is 18.4 Å². The van der Waals surface area contributed by atoms with Gasteiger partial charge in [0.25, 0.3) is 0 Å². The number of carbonyl (C=O) groups excluding carboxylic acids is 1. The molecule has 0 heterocycles. The van der Waals surface area contributed by atoms with Crippen LogP contribution in [-0.2, 0) is 9.63 Å². The van der Waals surface area contributed by atoms with Crippen molar-refractivity contribution in [2.75, 3.05) is 7.11 Å². The van der Waals surface area contributed by atoms with Crippen molar-refractivity contribution >= 4 is 36.8 Å². The summed E-state index contributed by atoms with van der Waals surface area (Å²) >= 11 is 9.86. The van der Waals surface area contributed by atoms with E-state index in [2.05, 4.69) is 25.1 Å². The van der Waals surface area contributed by atoms with Gasteiger partial charge >= 0.3 is 0 Å². The molecular weight excluding hydrogens is 374 g/mol. The number of hydrogen-bond donors (Lipinski definition) is 2. The molecular formula is C22H33NO2S2. The minimum atomic E-state index is -0.567. The maximum Gasteiger partial charge on any atom is 0.139 e. The van der Waals surface area contributed by atoms with Crippen molar-refractivity contribution in [1.29, 1.82) is 0 Å². The smallest absolute Gasteiger partial charge is 0.139 e. The Morgan fingerprint density at radius 2 is 2.00 bits per heavy atom. The van der Waals surface area contributed by atoms with Crippen LogP contribution >= 0.6 is 25.3 Å². The SMILES string of the molecule is CCC[C@]12CC(S)(S)C(=NOC)C=C1CC[C@@H]1[C@@H]2CC[C@]2(C)C(=O)CC[C@@H]12. The van der Waals surface area contributed by atoms with Gasteiger partial charge < -0.3 is 4.84 Å². The number of fused-ring (bicyclic) bond motifs is 5. The molecule has 3 nitrogen and oxygen atoms in total. The van der Waals surface area contributed by atoms with E-state index in [0.29, 0.717) is 23.5 Å². The Morgan fingerprint density at radius 1 is 1.22 bits per heavy atom. The van der Waals surface area contributed by atoms with Gasteiger partial charge in [-0.1, -0.05) is 31.0 Å². The average Bonchev–Trinajstić information content (AvgIpc) is 2.91. The molecule has 0 bridgehead atoms. The summed E-state index contributed by atoms with van der Waals surface area (Å²) in [6.45, 7) is 4.55. The maximum atomic E-state index is 12.6. The van der Waals surface area contributed by atoms with E-state index < -0.39 is 4.08 Å². The third kappa shape index (κ3) is 2.86. The van der Waals surface area contributed by atoms with E-state index in [-0.39, 0.29) is 10.8 Å². The van der Waals surface area contributed by atoms with Crippen LogP contribution in [0.15, 0.2) is 16.8 Å². The molecule has 0 amide bonds. The molecule has 4 aliphatic rings. The number of ketones is 1. The van der Waals surface area contributed by atoms with Crippen molar-refractivity contribution in [2.24, 2.45) is 33.7 Å². The number of thiol groups is 2. The highest BCUT2D eigenvalue weighted by molar-refractivity contribution is 8.02. The molecule has 5 atom stereocenters. The summed E-state index contributed by atoms with van der Waals surface area (Å²) in [7, 11) is 1.59. The first-order valence-electron chi connectivity index (χ1n) is 10.6. The molecule has 0 unspecified atom stereocenters. The third-order valence-electron chi connectivity index (χ3n) is 8.41. The minimum absolute atomic E-state index is 0.0634. The predicted molar refractivity (Wildman–Crippen MR) is 116 cm³/mol. The Labute approximate surface area is 174 Å². The van der Waals surface area contributed by atoms with Crippen molar-refractivity contribution in [3.8, 4) is 0 Å². The van der Waals surface area contributed by atoms with Crippen LogP contribution in [0, 0.1) is 28.6 Å². The molecule has 3 saturated carbocycles. The van der Waals surface area contributed by atoms with Gasteiger partial charge in [0.1, 0.15) is 22.7 Å². The molecule has 4 aliphatic carbocycles. The summed E-state index contributed by atoms with van der Waals surface area (Å²) in [5, 5.41) is 4.24. The van der Waals surface area contributed by atoms with Gasteiger partial charge in [0.15, 0.2) is 0 Å². The molecule has 0 radical (unpaired) electrons. The van der Waals surface area contributed by atoms with Crippen molar-refractivity contribution in [2.45, 2.75) is 75.7 Å². The van der Waals surface area contributed by atoms with Crippen LogP contribution in [0.2, 0.25) is 0 Å². The van der Waals surface area contributed by atoms with Crippen LogP contribution < -0.4 is 0 Å². The molecule has 0 aromatic rings. The zero-order valence-electron chi connectivity index (χ0n) is 16.8. The van der Waals surface area contributed by atoms with Crippen LogP contribution in [0.25, 0.3) is 0 Å². The number of Topliss-reactive ketones (excluding diaryl/α,β-unsaturated/α-hetero) is 1. The Bertz CT molecular complexity index is 700. The highest BCUT2D eigenvalue weighted by Gasteiger charge is 2.61. The van der Waals surface area contributed by atoms with Gasteiger partial charge in [-0.3, -0.25) is 4.79 Å². The number of carbonyl (C=O) groups is 1. The fourth-order valence-corrected chi connectivity index (χ4v) is 8.08. The van der Waals surface area contributed by atoms with Gasteiger partial charge in [0.2, 0.25) is 0 Å². The van der Waals surface area contributed by atoms with Crippen molar-refractivity contribution in [3.63, 3.8) is 0 Å². The summed E-state index contributed by atoms with van der Waals surface area (Å²) in [5.74, 6) is 2.40. The Hall–Kier alpha value is -0.420. The highest BCUT2D eigenvalue weighted by atomic mass is 32.2. The molecule has 0 aliphatic heterocycles. The lowest BCUT2D eigenvalue weighted by molar-refractivity contribution is -0.132. The molecule has 4 rings (SSSR count). The second-order valence-electron chi connectivity index (χ2n) is 9.56. The number of hydrogen-bond acceptors (Lipinski definition) is 5. The highest BCUT2D eigenvalue weighted by Crippen LogP contribution is 2.67. The molecule has 150 valence electrons. The Balaban J connectivity index is 1.77. The molecule has 5 heteroatoms. The first kappa shape index (κ1) is 19.9. The lowest BCUT2D eigenvalue weighted by Crippen LogP contribution is -2.54. The van der Waals surface area contributed by atoms with Crippen LogP contribution in [-0.4, -0.2) is 22.7 Å². The molecule has 0 N–H and O–H groups in total. The summed E-state index contributed by atoms with van der Waals surface area (Å²) in [6, 6.07) is 0. The van der Waals surface area contributed by atoms with Gasteiger partial charge in [-0.2, -0.15) is 25.3 Å². The number of rotatable bonds is 3. The van der Waals surface area contributed by atoms with Crippen molar-refractivity contribution in [3.05, 3.63) is 11.6 Å². The van der Waals surface area contributed by atoms with E-state index in [4.69, 9.17) is 30.1 Å². The summed E-state index contributed by atoms with van der Waals surface area (Å²) < 4.78 is -0.567. The zero-order chi connectivity index (χ0) is 19.4. The van der Waals surface area contributed by atoms with Crippen molar-refractivity contribution in [1.82, 2.24) is 0 Å². The number of oxime groups is 1. The van der Waals surface area contributed by atoms with E-state index in [9.17, 15) is 4.79 Å². The molecule has 3 fully saturated rings. The monoisotopic (exact) mass is 407 g/mol.